The van der Waals surface area contributed by atoms with Gasteiger partial charge in [0.15, 0.2) is 0 Å². The number of esters is 1. The van der Waals surface area contributed by atoms with Crippen LogP contribution in [0.1, 0.15) is 25.8 Å². The molecule has 0 fully saturated rings. The summed E-state index contributed by atoms with van der Waals surface area (Å²) in [5.41, 5.74) is 0.952. The lowest BCUT2D eigenvalue weighted by molar-refractivity contribution is -0.143. The van der Waals surface area contributed by atoms with E-state index < -0.39 is 10.8 Å². The van der Waals surface area contributed by atoms with Gasteiger partial charge in [0.1, 0.15) is 0 Å². The van der Waals surface area contributed by atoms with Crippen molar-refractivity contribution in [2.75, 3.05) is 6.61 Å². The zero-order valence-electron chi connectivity index (χ0n) is 10.5. The third-order valence-corrected chi connectivity index (χ3v) is 4.36. The molecule has 0 N–H and O–H groups in total. The van der Waals surface area contributed by atoms with E-state index in [9.17, 15) is 9.00 Å². The summed E-state index contributed by atoms with van der Waals surface area (Å²) in [5, 5.41) is 0.448. The summed E-state index contributed by atoms with van der Waals surface area (Å²) in [6.45, 7) is 3.91. The molecular weight excluding hydrogens is 272 g/mol. The van der Waals surface area contributed by atoms with Gasteiger partial charge in [-0.1, -0.05) is 30.7 Å². The fourth-order valence-corrected chi connectivity index (χ4v) is 2.69. The second kappa shape index (κ2) is 7.54. The average Bonchev–Trinajstić information content (AvgIpc) is 2.32. The molecule has 0 radical (unpaired) electrons. The van der Waals surface area contributed by atoms with E-state index in [1.165, 1.54) is 0 Å². The van der Waals surface area contributed by atoms with Crippen molar-refractivity contribution in [1.82, 2.24) is 0 Å². The maximum absolute atomic E-state index is 12.0. The van der Waals surface area contributed by atoms with Crippen LogP contribution in [0.5, 0.6) is 0 Å². The van der Waals surface area contributed by atoms with Gasteiger partial charge in [-0.05, 0) is 24.6 Å². The molecule has 0 spiro atoms. The Morgan fingerprint density at radius 2 is 2.00 bits per heavy atom. The highest BCUT2D eigenvalue weighted by Gasteiger charge is 2.16. The lowest BCUT2D eigenvalue weighted by Crippen LogP contribution is -2.19. The molecule has 0 aliphatic heterocycles. The van der Waals surface area contributed by atoms with Crippen LogP contribution in [0.4, 0.5) is 0 Å². The van der Waals surface area contributed by atoms with Gasteiger partial charge in [-0.2, -0.15) is 0 Å². The summed E-state index contributed by atoms with van der Waals surface area (Å²) >= 11 is 5.78. The molecule has 0 heterocycles. The third-order valence-electron chi connectivity index (χ3n) is 2.43. The fourth-order valence-electron chi connectivity index (χ4n) is 1.43. The van der Waals surface area contributed by atoms with E-state index in [1.54, 1.807) is 26.0 Å². The van der Waals surface area contributed by atoms with E-state index >= 15 is 0 Å². The Morgan fingerprint density at radius 3 is 2.56 bits per heavy atom. The summed E-state index contributed by atoms with van der Waals surface area (Å²) in [6, 6.07) is 7.23. The summed E-state index contributed by atoms with van der Waals surface area (Å²) in [5.74, 6) is 0.132. The van der Waals surface area contributed by atoms with Crippen LogP contribution in [0, 0.1) is 0 Å². The van der Waals surface area contributed by atoms with Gasteiger partial charge in [0, 0.05) is 26.8 Å². The van der Waals surface area contributed by atoms with Crippen LogP contribution >= 0.6 is 11.6 Å². The Hall–Kier alpha value is -0.870. The molecule has 1 rings (SSSR count). The van der Waals surface area contributed by atoms with Gasteiger partial charge in [0.2, 0.25) is 0 Å². The van der Waals surface area contributed by atoms with Crippen LogP contribution in [-0.2, 0) is 26.1 Å². The summed E-state index contributed by atoms with van der Waals surface area (Å²) < 4.78 is 16.8. The Labute approximate surface area is 115 Å². The van der Waals surface area contributed by atoms with Crippen molar-refractivity contribution in [3.8, 4) is 0 Å². The smallest absolute Gasteiger partial charge is 0.306 e. The molecule has 18 heavy (non-hydrogen) atoms. The summed E-state index contributed by atoms with van der Waals surface area (Å²) in [4.78, 5) is 11.3. The Bertz CT molecular complexity index is 417. The molecular formula is C13H17ClO3S. The Morgan fingerprint density at radius 1 is 1.39 bits per heavy atom. The van der Waals surface area contributed by atoms with Gasteiger partial charge in [0.05, 0.1) is 13.0 Å². The number of hydrogen-bond donors (Lipinski definition) is 0. The van der Waals surface area contributed by atoms with Crippen molar-refractivity contribution in [2.24, 2.45) is 0 Å². The molecule has 1 aromatic carbocycles. The molecule has 0 aliphatic carbocycles. The van der Waals surface area contributed by atoms with Crippen molar-refractivity contribution in [2.45, 2.75) is 31.3 Å². The number of benzene rings is 1. The summed E-state index contributed by atoms with van der Waals surface area (Å²) in [6.07, 6.45) is 0.189. The van der Waals surface area contributed by atoms with E-state index in [1.807, 2.05) is 12.1 Å². The van der Waals surface area contributed by atoms with Crippen molar-refractivity contribution in [3.63, 3.8) is 0 Å². The molecule has 0 saturated heterocycles. The number of hydrogen-bond acceptors (Lipinski definition) is 3. The van der Waals surface area contributed by atoms with E-state index in [0.717, 1.165) is 5.56 Å². The van der Waals surface area contributed by atoms with Gasteiger partial charge in [-0.25, -0.2) is 0 Å². The fraction of sp³-hybridized carbons (Fsp3) is 0.462. The second-order valence-electron chi connectivity index (χ2n) is 3.97. The average molecular weight is 289 g/mol. The number of rotatable bonds is 6. The summed E-state index contributed by atoms with van der Waals surface area (Å²) in [7, 11) is -1.09. The monoisotopic (exact) mass is 288 g/mol. The van der Waals surface area contributed by atoms with E-state index in [-0.39, 0.29) is 17.6 Å². The third kappa shape index (κ3) is 5.19. The minimum atomic E-state index is -1.09. The molecule has 1 aromatic rings. The SMILES string of the molecule is CCOC(=O)CC(C)S(=O)Cc1ccc(Cl)cc1. The minimum absolute atomic E-state index is 0.189. The lowest BCUT2D eigenvalue weighted by atomic mass is 10.2. The van der Waals surface area contributed by atoms with Gasteiger partial charge >= 0.3 is 5.97 Å². The van der Waals surface area contributed by atoms with Crippen LogP contribution in [0.15, 0.2) is 24.3 Å². The topological polar surface area (TPSA) is 43.4 Å². The highest BCUT2D eigenvalue weighted by Crippen LogP contribution is 2.14. The largest absolute Gasteiger partial charge is 0.466 e. The minimum Gasteiger partial charge on any atom is -0.466 e. The predicted octanol–water partition coefficient (Wildman–Crippen LogP) is 2.93. The van der Waals surface area contributed by atoms with Crippen molar-refractivity contribution >= 4 is 28.4 Å². The number of halogens is 1. The maximum Gasteiger partial charge on any atom is 0.306 e. The zero-order chi connectivity index (χ0) is 13.5. The first kappa shape index (κ1) is 15.2. The van der Waals surface area contributed by atoms with Gasteiger partial charge in [0.25, 0.3) is 0 Å². The zero-order valence-corrected chi connectivity index (χ0v) is 12.1. The van der Waals surface area contributed by atoms with Gasteiger partial charge < -0.3 is 4.74 Å². The molecule has 0 saturated carbocycles. The predicted molar refractivity (Wildman–Crippen MR) is 74.0 cm³/mol. The first-order valence-electron chi connectivity index (χ1n) is 5.80. The first-order valence-corrected chi connectivity index (χ1v) is 7.56. The van der Waals surface area contributed by atoms with Crippen LogP contribution in [0.3, 0.4) is 0 Å². The van der Waals surface area contributed by atoms with Crippen LogP contribution in [-0.4, -0.2) is 22.0 Å². The van der Waals surface area contributed by atoms with Gasteiger partial charge in [-0.15, -0.1) is 0 Å². The first-order chi connectivity index (χ1) is 8.52. The van der Waals surface area contributed by atoms with Crippen LogP contribution in [0.25, 0.3) is 0 Å². The molecule has 2 atom stereocenters. The van der Waals surface area contributed by atoms with Crippen molar-refractivity contribution < 1.29 is 13.7 Å². The maximum atomic E-state index is 12.0. The van der Waals surface area contributed by atoms with Crippen molar-refractivity contribution in [1.29, 1.82) is 0 Å². The Balaban J connectivity index is 2.49. The molecule has 2 unspecified atom stereocenters. The molecule has 0 aromatic heterocycles. The number of ether oxygens (including phenoxy) is 1. The van der Waals surface area contributed by atoms with E-state index in [4.69, 9.17) is 16.3 Å². The highest BCUT2D eigenvalue weighted by molar-refractivity contribution is 7.84. The molecule has 0 aliphatic rings. The molecule has 0 bridgehead atoms. The van der Waals surface area contributed by atoms with Crippen molar-refractivity contribution in [3.05, 3.63) is 34.9 Å². The Kier molecular flexibility index (Phi) is 6.36. The normalized spacial score (nSPS) is 13.9. The van der Waals surface area contributed by atoms with Crippen LogP contribution in [0.2, 0.25) is 5.02 Å². The van der Waals surface area contributed by atoms with Gasteiger partial charge in [-0.3, -0.25) is 9.00 Å². The molecule has 5 heteroatoms. The second-order valence-corrected chi connectivity index (χ2v) is 6.26. The quantitative estimate of drug-likeness (QED) is 0.756. The molecule has 3 nitrogen and oxygen atoms in total. The van der Waals surface area contributed by atoms with Crippen LogP contribution < -0.4 is 0 Å². The van der Waals surface area contributed by atoms with E-state index in [0.29, 0.717) is 17.4 Å². The standard InChI is InChI=1S/C13H17ClO3S/c1-3-17-13(15)8-10(2)18(16)9-11-4-6-12(14)7-5-11/h4-7,10H,3,8-9H2,1-2H3. The molecule has 0 amide bonds. The molecule has 100 valence electrons. The number of carbonyl (C=O) groups is 1. The highest BCUT2D eigenvalue weighted by atomic mass is 35.5. The van der Waals surface area contributed by atoms with E-state index in [2.05, 4.69) is 0 Å². The number of carbonyl (C=O) groups excluding carboxylic acids is 1. The lowest BCUT2D eigenvalue weighted by Gasteiger charge is -2.10.